The van der Waals surface area contributed by atoms with Crippen molar-refractivity contribution >= 4 is 29.5 Å². The Kier molecular flexibility index (Phi) is 7.09. The monoisotopic (exact) mass is 475 g/mol. The molecule has 1 aromatic rings. The fraction of sp³-hybridized carbons (Fsp3) is 0.583. The van der Waals surface area contributed by atoms with Gasteiger partial charge in [0.1, 0.15) is 23.6 Å². The summed E-state index contributed by atoms with van der Waals surface area (Å²) in [6.45, 7) is 7.02. The predicted octanol–water partition coefficient (Wildman–Crippen LogP) is 2.71. The van der Waals surface area contributed by atoms with E-state index in [4.69, 9.17) is 14.2 Å². The molecule has 10 heteroatoms. The van der Waals surface area contributed by atoms with E-state index in [2.05, 4.69) is 31.4 Å². The first-order valence-electron chi connectivity index (χ1n) is 11.3. The summed E-state index contributed by atoms with van der Waals surface area (Å²) in [6.07, 6.45) is 0.798. The highest BCUT2D eigenvalue weighted by molar-refractivity contribution is 6.09. The molecule has 3 atom stereocenters. The maximum atomic E-state index is 13.2. The number of imide groups is 1. The van der Waals surface area contributed by atoms with Gasteiger partial charge in [0.2, 0.25) is 0 Å². The normalized spacial score (nSPS) is 24.4. The molecular formula is C24H33N3O7. The van der Waals surface area contributed by atoms with Crippen LogP contribution in [0.2, 0.25) is 0 Å². The number of rotatable bonds is 7. The van der Waals surface area contributed by atoms with Gasteiger partial charge in [-0.2, -0.15) is 0 Å². The number of nitrogens with one attached hydrogen (secondary N) is 2. The van der Waals surface area contributed by atoms with Crippen LogP contribution in [0.15, 0.2) is 18.2 Å². The minimum atomic E-state index is -1.17. The Morgan fingerprint density at radius 1 is 1.21 bits per heavy atom. The van der Waals surface area contributed by atoms with Crippen molar-refractivity contribution in [3.8, 4) is 11.5 Å². The van der Waals surface area contributed by atoms with Crippen LogP contribution in [0, 0.1) is 11.3 Å². The van der Waals surface area contributed by atoms with E-state index in [0.29, 0.717) is 30.0 Å². The van der Waals surface area contributed by atoms with Crippen LogP contribution in [0.5, 0.6) is 11.5 Å². The molecule has 10 nitrogen and oxygen atoms in total. The van der Waals surface area contributed by atoms with Gasteiger partial charge in [0, 0.05) is 6.07 Å². The lowest BCUT2D eigenvalue weighted by molar-refractivity contribution is -0.155. The van der Waals surface area contributed by atoms with Gasteiger partial charge in [0.25, 0.3) is 11.8 Å². The molecule has 1 saturated heterocycles. The molecule has 4 amide bonds. The first kappa shape index (κ1) is 25.3. The van der Waals surface area contributed by atoms with Crippen LogP contribution in [-0.2, 0) is 19.1 Å². The van der Waals surface area contributed by atoms with Gasteiger partial charge in [0.15, 0.2) is 6.10 Å². The predicted molar refractivity (Wildman–Crippen MR) is 124 cm³/mol. The van der Waals surface area contributed by atoms with E-state index in [1.807, 2.05) is 0 Å². The first-order valence-corrected chi connectivity index (χ1v) is 11.3. The molecule has 1 aliphatic heterocycles. The number of nitrogens with zero attached hydrogens (tertiary/aromatic N) is 1. The van der Waals surface area contributed by atoms with E-state index in [1.54, 1.807) is 18.2 Å². The second-order valence-corrected chi connectivity index (χ2v) is 9.95. The summed E-state index contributed by atoms with van der Waals surface area (Å²) in [5, 5.41) is 5.45. The van der Waals surface area contributed by atoms with Crippen molar-refractivity contribution in [3.05, 3.63) is 18.2 Å². The number of hydrogen-bond acceptors (Lipinski definition) is 7. The number of benzene rings is 1. The van der Waals surface area contributed by atoms with E-state index < -0.39 is 42.0 Å². The third kappa shape index (κ3) is 5.26. The van der Waals surface area contributed by atoms with Gasteiger partial charge >= 0.3 is 12.0 Å². The Labute approximate surface area is 199 Å². The smallest absolute Gasteiger partial charge is 0.327 e. The van der Waals surface area contributed by atoms with Crippen molar-refractivity contribution in [1.29, 1.82) is 0 Å². The van der Waals surface area contributed by atoms with Gasteiger partial charge < -0.3 is 24.8 Å². The molecule has 1 aromatic carbocycles. The minimum absolute atomic E-state index is 0.120. The zero-order chi connectivity index (χ0) is 25.3. The molecule has 1 spiro atoms. The largest absolute Gasteiger partial charge is 0.497 e. The summed E-state index contributed by atoms with van der Waals surface area (Å²) in [5.74, 6) is -0.722. The Hall–Kier alpha value is -3.30. The van der Waals surface area contributed by atoms with Crippen LogP contribution in [0.3, 0.4) is 0 Å². The second-order valence-electron chi connectivity index (χ2n) is 9.95. The van der Waals surface area contributed by atoms with Crippen LogP contribution in [0.25, 0.3) is 0 Å². The minimum Gasteiger partial charge on any atom is -0.497 e. The van der Waals surface area contributed by atoms with E-state index in [0.717, 1.165) is 11.3 Å². The number of hydrogen-bond donors (Lipinski definition) is 2. The zero-order valence-corrected chi connectivity index (χ0v) is 20.5. The number of anilines is 1. The van der Waals surface area contributed by atoms with Crippen molar-refractivity contribution in [3.63, 3.8) is 0 Å². The van der Waals surface area contributed by atoms with Crippen LogP contribution >= 0.6 is 0 Å². The average molecular weight is 476 g/mol. The number of ether oxygens (including phenoxy) is 3. The highest BCUT2D eigenvalue weighted by Crippen LogP contribution is 2.46. The topological polar surface area (TPSA) is 123 Å². The molecule has 1 aliphatic carbocycles. The lowest BCUT2D eigenvalue weighted by Gasteiger charge is -2.43. The number of methoxy groups -OCH3 is 2. The summed E-state index contributed by atoms with van der Waals surface area (Å²) in [7, 11) is 2.95. The van der Waals surface area contributed by atoms with E-state index in [1.165, 1.54) is 21.1 Å². The number of esters is 1. The third-order valence-electron chi connectivity index (χ3n) is 6.25. The highest BCUT2D eigenvalue weighted by Gasteiger charge is 2.56. The Bertz CT molecular complexity index is 993. The lowest BCUT2D eigenvalue weighted by atomic mass is 9.64. The summed E-state index contributed by atoms with van der Waals surface area (Å²) in [4.78, 5) is 51.8. The Morgan fingerprint density at radius 2 is 1.91 bits per heavy atom. The lowest BCUT2D eigenvalue weighted by Crippen LogP contribution is -2.54. The molecule has 3 rings (SSSR count). The maximum Gasteiger partial charge on any atom is 0.327 e. The number of carbonyl (C=O) groups excluding carboxylic acids is 4. The quantitative estimate of drug-likeness (QED) is 0.459. The zero-order valence-electron chi connectivity index (χ0n) is 20.5. The second kappa shape index (κ2) is 9.52. The van der Waals surface area contributed by atoms with Gasteiger partial charge in [0.05, 0.1) is 19.9 Å². The van der Waals surface area contributed by atoms with Crippen LogP contribution in [-0.4, -0.2) is 61.1 Å². The fourth-order valence-corrected chi connectivity index (χ4v) is 5.21. The van der Waals surface area contributed by atoms with Crippen molar-refractivity contribution in [2.24, 2.45) is 11.3 Å². The molecule has 34 heavy (non-hydrogen) atoms. The summed E-state index contributed by atoms with van der Waals surface area (Å²) < 4.78 is 15.6. The first-order chi connectivity index (χ1) is 15.9. The number of amides is 4. The van der Waals surface area contributed by atoms with E-state index >= 15 is 0 Å². The van der Waals surface area contributed by atoms with Gasteiger partial charge in [-0.1, -0.05) is 20.8 Å². The molecule has 2 fully saturated rings. The molecule has 2 N–H and O–H groups in total. The molecule has 2 aliphatic rings. The van der Waals surface area contributed by atoms with E-state index in [9.17, 15) is 19.2 Å². The van der Waals surface area contributed by atoms with Crippen molar-refractivity contribution in [2.45, 2.75) is 58.6 Å². The third-order valence-corrected chi connectivity index (χ3v) is 6.25. The summed E-state index contributed by atoms with van der Waals surface area (Å²) in [6, 6.07) is 4.26. The molecule has 186 valence electrons. The van der Waals surface area contributed by atoms with Crippen molar-refractivity contribution in [1.82, 2.24) is 10.2 Å². The molecule has 1 saturated carbocycles. The number of urea groups is 1. The molecule has 1 heterocycles. The van der Waals surface area contributed by atoms with Crippen LogP contribution < -0.4 is 20.1 Å². The highest BCUT2D eigenvalue weighted by atomic mass is 16.5. The maximum absolute atomic E-state index is 13.2. The van der Waals surface area contributed by atoms with Crippen LogP contribution in [0.4, 0.5) is 10.5 Å². The average Bonchev–Trinajstić information content (AvgIpc) is 2.95. The molecule has 0 unspecified atom stereocenters. The van der Waals surface area contributed by atoms with Crippen LogP contribution in [0.1, 0.15) is 47.0 Å². The van der Waals surface area contributed by atoms with E-state index in [-0.39, 0.29) is 11.3 Å². The molecular weight excluding hydrogens is 442 g/mol. The van der Waals surface area contributed by atoms with Crippen molar-refractivity contribution in [2.75, 3.05) is 26.1 Å². The molecule has 0 radical (unpaired) electrons. The Balaban J connectivity index is 1.62. The molecule has 0 bridgehead atoms. The van der Waals surface area contributed by atoms with Gasteiger partial charge in [-0.05, 0) is 49.7 Å². The fourth-order valence-electron chi connectivity index (χ4n) is 5.21. The van der Waals surface area contributed by atoms with Gasteiger partial charge in [-0.3, -0.25) is 19.3 Å². The Morgan fingerprint density at radius 3 is 2.53 bits per heavy atom. The van der Waals surface area contributed by atoms with Crippen molar-refractivity contribution < 1.29 is 33.4 Å². The molecule has 0 aromatic heterocycles. The summed E-state index contributed by atoms with van der Waals surface area (Å²) >= 11 is 0. The SMILES string of the molecule is COc1ccc(OC)c(NC(=O)[C@H](C)OC(=O)CN2C(=O)N[C@]3(C[C@@H](C)CC(C)(C)C3)C2=O)c1. The van der Waals surface area contributed by atoms with Gasteiger partial charge in [-0.15, -0.1) is 0 Å². The van der Waals surface area contributed by atoms with Gasteiger partial charge in [-0.25, -0.2) is 4.79 Å². The summed E-state index contributed by atoms with van der Waals surface area (Å²) in [5.41, 5.74) is -0.783. The number of carbonyl (C=O) groups is 4. The standard InChI is InChI=1S/C24H33N3O7/c1-14-10-23(3,4)13-24(11-14)21(30)27(22(31)26-24)12-19(28)34-15(2)20(29)25-17-9-16(32-5)7-8-18(17)33-6/h7-9,14-15H,10-13H2,1-6H3,(H,25,29)(H,26,31)/t14-,15-,24-/m0/s1.